The number of alkyl halides is 1. The zero-order valence-electron chi connectivity index (χ0n) is 11.2. The molecule has 0 saturated heterocycles. The molecule has 0 fully saturated rings. The number of pyridine rings is 1. The predicted octanol–water partition coefficient (Wildman–Crippen LogP) is 4.42. The van der Waals surface area contributed by atoms with Crippen LogP contribution in [-0.4, -0.2) is 20.4 Å². The van der Waals surface area contributed by atoms with Crippen LogP contribution in [0.15, 0.2) is 47.3 Å². The van der Waals surface area contributed by atoms with E-state index in [1.807, 2.05) is 24.4 Å². The number of rotatable bonds is 3. The van der Waals surface area contributed by atoms with E-state index in [-0.39, 0.29) is 0 Å². The van der Waals surface area contributed by atoms with Crippen LogP contribution in [0.2, 0.25) is 0 Å². The molecule has 0 aliphatic heterocycles. The lowest BCUT2D eigenvalue weighted by molar-refractivity contribution is 0.916. The van der Waals surface area contributed by atoms with Crippen LogP contribution in [0.3, 0.4) is 0 Å². The van der Waals surface area contributed by atoms with Crippen molar-refractivity contribution in [2.24, 2.45) is 0 Å². The van der Waals surface area contributed by atoms with E-state index in [9.17, 15) is 0 Å². The molecule has 0 aliphatic carbocycles. The highest BCUT2D eigenvalue weighted by atomic mass is 35.5. The van der Waals surface area contributed by atoms with Crippen molar-refractivity contribution >= 4 is 44.9 Å². The molecule has 3 heterocycles. The predicted molar refractivity (Wildman–Crippen MR) is 88.7 cm³/mol. The Morgan fingerprint density at radius 3 is 2.86 bits per heavy atom. The molecule has 4 rings (SSSR count). The molecule has 0 unspecified atom stereocenters. The standard InChI is InChI=1S/C16H12ClN3S/c17-7-5-15-19-14-9-18-13-4-2-1-3-12(13)16(14)20(15)11-6-8-21-10-11/h1-4,6,8-10H,5,7H2. The molecule has 4 aromatic rings. The van der Waals surface area contributed by atoms with Gasteiger partial charge in [-0.3, -0.25) is 9.55 Å². The van der Waals surface area contributed by atoms with Gasteiger partial charge >= 0.3 is 0 Å². The van der Waals surface area contributed by atoms with Gasteiger partial charge in [0.05, 0.1) is 22.9 Å². The van der Waals surface area contributed by atoms with Gasteiger partial charge < -0.3 is 0 Å². The van der Waals surface area contributed by atoms with Crippen LogP contribution in [0.25, 0.3) is 27.6 Å². The summed E-state index contributed by atoms with van der Waals surface area (Å²) in [6.45, 7) is 0. The van der Waals surface area contributed by atoms with Crippen LogP contribution >= 0.6 is 22.9 Å². The number of nitrogens with zero attached hydrogens (tertiary/aromatic N) is 3. The highest BCUT2D eigenvalue weighted by molar-refractivity contribution is 7.08. The number of benzene rings is 1. The van der Waals surface area contributed by atoms with Gasteiger partial charge in [-0.25, -0.2) is 4.98 Å². The second-order valence-electron chi connectivity index (χ2n) is 4.79. The quantitative estimate of drug-likeness (QED) is 0.524. The summed E-state index contributed by atoms with van der Waals surface area (Å²) in [5, 5.41) is 5.33. The Bertz CT molecular complexity index is 912. The Balaban J connectivity index is 2.15. The number of hydrogen-bond acceptors (Lipinski definition) is 3. The van der Waals surface area contributed by atoms with E-state index < -0.39 is 0 Å². The molecule has 0 aliphatic rings. The normalized spacial score (nSPS) is 11.5. The number of halogens is 1. The van der Waals surface area contributed by atoms with Crippen molar-refractivity contribution in [2.75, 3.05) is 5.88 Å². The number of para-hydroxylation sites is 1. The molecule has 104 valence electrons. The summed E-state index contributed by atoms with van der Waals surface area (Å²) in [7, 11) is 0. The fourth-order valence-electron chi connectivity index (χ4n) is 2.67. The van der Waals surface area contributed by atoms with Crippen LogP contribution in [0.5, 0.6) is 0 Å². The topological polar surface area (TPSA) is 30.7 Å². The SMILES string of the molecule is ClCCc1nc2cnc3ccccc3c2n1-c1ccsc1. The number of fused-ring (bicyclic) bond motifs is 3. The van der Waals surface area contributed by atoms with Crippen LogP contribution in [-0.2, 0) is 6.42 Å². The van der Waals surface area contributed by atoms with Gasteiger partial charge in [0.2, 0.25) is 0 Å². The monoisotopic (exact) mass is 313 g/mol. The Morgan fingerprint density at radius 2 is 2.05 bits per heavy atom. The van der Waals surface area contributed by atoms with Crippen LogP contribution in [0, 0.1) is 0 Å². The molecule has 1 aromatic carbocycles. The first-order valence-electron chi connectivity index (χ1n) is 6.72. The van der Waals surface area contributed by atoms with E-state index >= 15 is 0 Å². The number of hydrogen-bond donors (Lipinski definition) is 0. The number of aryl methyl sites for hydroxylation is 1. The van der Waals surface area contributed by atoms with E-state index in [4.69, 9.17) is 16.6 Å². The van der Waals surface area contributed by atoms with Gasteiger partial charge in [0, 0.05) is 23.1 Å². The van der Waals surface area contributed by atoms with Crippen molar-refractivity contribution in [3.05, 3.63) is 53.1 Å². The Morgan fingerprint density at radius 1 is 1.14 bits per heavy atom. The van der Waals surface area contributed by atoms with Crippen molar-refractivity contribution in [3.8, 4) is 5.69 Å². The molecule has 0 bridgehead atoms. The summed E-state index contributed by atoms with van der Waals surface area (Å²) in [4.78, 5) is 9.23. The second kappa shape index (κ2) is 5.13. The van der Waals surface area contributed by atoms with Gasteiger partial charge in [-0.2, -0.15) is 11.3 Å². The molecular formula is C16H12ClN3S. The Hall–Kier alpha value is -1.91. The largest absolute Gasteiger partial charge is 0.295 e. The van der Waals surface area contributed by atoms with Crippen molar-refractivity contribution in [2.45, 2.75) is 6.42 Å². The summed E-state index contributed by atoms with van der Waals surface area (Å²) in [5.41, 5.74) is 4.15. The maximum absolute atomic E-state index is 5.95. The fourth-order valence-corrected chi connectivity index (χ4v) is 3.46. The van der Waals surface area contributed by atoms with Gasteiger partial charge in [-0.15, -0.1) is 11.6 Å². The Labute approximate surface area is 130 Å². The van der Waals surface area contributed by atoms with Gasteiger partial charge in [-0.05, 0) is 17.5 Å². The van der Waals surface area contributed by atoms with Gasteiger partial charge in [0.15, 0.2) is 0 Å². The van der Waals surface area contributed by atoms with Gasteiger partial charge in [-0.1, -0.05) is 18.2 Å². The number of imidazole rings is 1. The van der Waals surface area contributed by atoms with Crippen molar-refractivity contribution in [1.82, 2.24) is 14.5 Å². The minimum absolute atomic E-state index is 0.554. The average Bonchev–Trinajstić information content (AvgIpc) is 3.14. The maximum Gasteiger partial charge on any atom is 0.115 e. The minimum atomic E-state index is 0.554. The van der Waals surface area contributed by atoms with E-state index in [0.717, 1.165) is 39.9 Å². The van der Waals surface area contributed by atoms with E-state index in [1.165, 1.54) is 0 Å². The highest BCUT2D eigenvalue weighted by Crippen LogP contribution is 2.28. The maximum atomic E-state index is 5.95. The summed E-state index contributed by atoms with van der Waals surface area (Å²) in [6, 6.07) is 10.3. The van der Waals surface area contributed by atoms with E-state index in [1.54, 1.807) is 11.3 Å². The third-order valence-electron chi connectivity index (χ3n) is 3.54. The molecule has 3 nitrogen and oxygen atoms in total. The lowest BCUT2D eigenvalue weighted by Crippen LogP contribution is -2.01. The molecule has 0 spiro atoms. The molecule has 5 heteroatoms. The third kappa shape index (κ3) is 2.03. The minimum Gasteiger partial charge on any atom is -0.295 e. The smallest absolute Gasteiger partial charge is 0.115 e. The molecule has 0 amide bonds. The number of aromatic nitrogens is 3. The molecule has 0 N–H and O–H groups in total. The highest BCUT2D eigenvalue weighted by Gasteiger charge is 2.15. The summed E-state index contributed by atoms with van der Waals surface area (Å²) in [5.74, 6) is 1.54. The first kappa shape index (κ1) is 12.8. The molecule has 21 heavy (non-hydrogen) atoms. The van der Waals surface area contributed by atoms with Crippen molar-refractivity contribution < 1.29 is 0 Å². The van der Waals surface area contributed by atoms with Crippen LogP contribution in [0.1, 0.15) is 5.82 Å². The van der Waals surface area contributed by atoms with Crippen molar-refractivity contribution in [1.29, 1.82) is 0 Å². The van der Waals surface area contributed by atoms with Gasteiger partial charge in [0.1, 0.15) is 11.3 Å². The molecule has 0 radical (unpaired) electrons. The van der Waals surface area contributed by atoms with Crippen LogP contribution < -0.4 is 0 Å². The lowest BCUT2D eigenvalue weighted by Gasteiger charge is -2.07. The second-order valence-corrected chi connectivity index (χ2v) is 5.95. The summed E-state index contributed by atoms with van der Waals surface area (Å²) >= 11 is 7.63. The van der Waals surface area contributed by atoms with Crippen molar-refractivity contribution in [3.63, 3.8) is 0 Å². The zero-order valence-corrected chi connectivity index (χ0v) is 12.7. The van der Waals surface area contributed by atoms with E-state index in [0.29, 0.717) is 5.88 Å². The molecule has 0 saturated carbocycles. The Kier molecular flexibility index (Phi) is 3.13. The lowest BCUT2D eigenvalue weighted by atomic mass is 10.2. The first-order valence-corrected chi connectivity index (χ1v) is 8.20. The zero-order chi connectivity index (χ0) is 14.2. The third-order valence-corrected chi connectivity index (χ3v) is 4.40. The number of thiophene rings is 1. The summed E-state index contributed by atoms with van der Waals surface area (Å²) < 4.78 is 2.21. The van der Waals surface area contributed by atoms with Gasteiger partial charge in [0.25, 0.3) is 0 Å². The molecule has 3 aromatic heterocycles. The average molecular weight is 314 g/mol. The summed E-state index contributed by atoms with van der Waals surface area (Å²) in [6.07, 6.45) is 2.58. The fraction of sp³-hybridized carbons (Fsp3) is 0.125. The molecule has 0 atom stereocenters. The van der Waals surface area contributed by atoms with E-state index in [2.05, 4.69) is 32.4 Å². The van der Waals surface area contributed by atoms with Crippen LogP contribution in [0.4, 0.5) is 0 Å². The first-order chi connectivity index (χ1) is 10.4. The molecular weight excluding hydrogens is 302 g/mol.